The van der Waals surface area contributed by atoms with Gasteiger partial charge in [-0.2, -0.15) is 0 Å². The zero-order chi connectivity index (χ0) is 14.2. The highest BCUT2D eigenvalue weighted by Gasteiger charge is 2.31. The first-order valence-electron chi connectivity index (χ1n) is 8.29. The molecule has 2 nitrogen and oxygen atoms in total. The van der Waals surface area contributed by atoms with Crippen molar-refractivity contribution in [2.75, 3.05) is 13.2 Å². The van der Waals surface area contributed by atoms with Crippen LogP contribution in [0.4, 0.5) is 0 Å². The zero-order valence-corrected chi connectivity index (χ0v) is 13.0. The average molecular weight is 275 g/mol. The number of unbranched alkanes of at least 4 members (excludes halogenated alkanes) is 4. The monoisotopic (exact) mass is 275 g/mol. The first-order chi connectivity index (χ1) is 9.86. The molecule has 0 radical (unpaired) electrons. The van der Waals surface area contributed by atoms with Gasteiger partial charge in [-0.1, -0.05) is 63.8 Å². The van der Waals surface area contributed by atoms with Gasteiger partial charge in [0.15, 0.2) is 0 Å². The van der Waals surface area contributed by atoms with Gasteiger partial charge in [0.2, 0.25) is 0 Å². The Bertz CT molecular complexity index is 391. The molecule has 112 valence electrons. The van der Waals surface area contributed by atoms with Crippen LogP contribution in [-0.4, -0.2) is 19.3 Å². The first-order valence-corrected chi connectivity index (χ1v) is 8.29. The number of fused-ring (bicyclic) bond motifs is 1. The van der Waals surface area contributed by atoms with E-state index in [1.54, 1.807) is 0 Å². The van der Waals surface area contributed by atoms with Crippen molar-refractivity contribution in [2.24, 2.45) is 0 Å². The highest BCUT2D eigenvalue weighted by molar-refractivity contribution is 5.36. The van der Waals surface area contributed by atoms with Crippen LogP contribution in [0.25, 0.3) is 0 Å². The lowest BCUT2D eigenvalue weighted by atomic mass is 10.1. The van der Waals surface area contributed by atoms with E-state index < -0.39 is 0 Å². The minimum atomic E-state index is 0.318. The van der Waals surface area contributed by atoms with Crippen molar-refractivity contribution < 1.29 is 4.74 Å². The summed E-state index contributed by atoms with van der Waals surface area (Å²) in [7, 11) is 0. The van der Waals surface area contributed by atoms with Gasteiger partial charge in [-0.15, -0.1) is 0 Å². The molecule has 2 unspecified atom stereocenters. The topological polar surface area (TPSA) is 21.3 Å². The predicted octanol–water partition coefficient (Wildman–Crippen LogP) is 4.25. The molecule has 20 heavy (non-hydrogen) atoms. The molecule has 0 aliphatic heterocycles. The molecule has 0 fully saturated rings. The van der Waals surface area contributed by atoms with E-state index in [1.165, 1.54) is 43.2 Å². The summed E-state index contributed by atoms with van der Waals surface area (Å²) in [6.45, 7) is 6.33. The van der Waals surface area contributed by atoms with E-state index in [0.29, 0.717) is 12.1 Å². The summed E-state index contributed by atoms with van der Waals surface area (Å²) in [5.41, 5.74) is 2.89. The third-order valence-electron chi connectivity index (χ3n) is 4.19. The molecule has 1 aliphatic carbocycles. The second-order valence-corrected chi connectivity index (χ2v) is 5.76. The molecule has 1 aliphatic rings. The van der Waals surface area contributed by atoms with Gasteiger partial charge in [0, 0.05) is 13.0 Å². The summed E-state index contributed by atoms with van der Waals surface area (Å²) in [5, 5.41) is 3.59. The predicted molar refractivity (Wildman–Crippen MR) is 85.1 cm³/mol. The number of hydrogen-bond acceptors (Lipinski definition) is 2. The van der Waals surface area contributed by atoms with E-state index in [1.807, 2.05) is 0 Å². The normalized spacial score (nSPS) is 21.1. The fourth-order valence-corrected chi connectivity index (χ4v) is 3.12. The molecule has 0 aromatic heterocycles. The lowest BCUT2D eigenvalue weighted by Gasteiger charge is -2.21. The molecule has 2 atom stereocenters. The summed E-state index contributed by atoms with van der Waals surface area (Å²) in [5.74, 6) is 0. The minimum Gasteiger partial charge on any atom is -0.376 e. The third kappa shape index (κ3) is 4.07. The largest absolute Gasteiger partial charge is 0.376 e. The number of likely N-dealkylation sites (N-methyl/N-ethyl adjacent to an activating group) is 1. The highest BCUT2D eigenvalue weighted by Crippen LogP contribution is 2.33. The highest BCUT2D eigenvalue weighted by atomic mass is 16.5. The van der Waals surface area contributed by atoms with E-state index in [0.717, 1.165) is 19.6 Å². The van der Waals surface area contributed by atoms with E-state index >= 15 is 0 Å². The molecular formula is C18H29NO. The summed E-state index contributed by atoms with van der Waals surface area (Å²) < 4.78 is 6.17. The Hall–Kier alpha value is -0.860. The Morgan fingerprint density at radius 1 is 1.10 bits per heavy atom. The Morgan fingerprint density at radius 3 is 2.70 bits per heavy atom. The first kappa shape index (κ1) is 15.5. The van der Waals surface area contributed by atoms with Crippen LogP contribution in [0.1, 0.15) is 63.1 Å². The molecule has 0 amide bonds. The van der Waals surface area contributed by atoms with Gasteiger partial charge in [0.1, 0.15) is 0 Å². The van der Waals surface area contributed by atoms with Crippen LogP contribution in [-0.2, 0) is 11.2 Å². The van der Waals surface area contributed by atoms with Gasteiger partial charge in [-0.3, -0.25) is 0 Å². The van der Waals surface area contributed by atoms with Crippen molar-refractivity contribution in [1.82, 2.24) is 5.32 Å². The van der Waals surface area contributed by atoms with E-state index in [2.05, 4.69) is 43.4 Å². The molecule has 0 spiro atoms. The Labute approximate surface area is 123 Å². The lowest BCUT2D eigenvalue weighted by molar-refractivity contribution is 0.0328. The molecule has 1 aromatic rings. The Morgan fingerprint density at radius 2 is 1.90 bits per heavy atom. The van der Waals surface area contributed by atoms with Crippen LogP contribution in [0, 0.1) is 0 Å². The Balaban J connectivity index is 1.80. The summed E-state index contributed by atoms with van der Waals surface area (Å²) in [6.07, 6.45) is 7.89. The van der Waals surface area contributed by atoms with Crippen LogP contribution in [0.5, 0.6) is 0 Å². The molecule has 2 heteroatoms. The quantitative estimate of drug-likeness (QED) is 0.680. The summed E-state index contributed by atoms with van der Waals surface area (Å²) in [6, 6.07) is 9.13. The molecule has 1 aromatic carbocycles. The van der Waals surface area contributed by atoms with Gasteiger partial charge in [0.05, 0.1) is 12.1 Å². The number of nitrogens with one attached hydrogen (secondary N) is 1. The van der Waals surface area contributed by atoms with Crippen LogP contribution in [0.3, 0.4) is 0 Å². The number of benzene rings is 1. The van der Waals surface area contributed by atoms with Gasteiger partial charge in [0.25, 0.3) is 0 Å². The lowest BCUT2D eigenvalue weighted by Crippen LogP contribution is -2.31. The smallest absolute Gasteiger partial charge is 0.0810 e. The summed E-state index contributed by atoms with van der Waals surface area (Å²) >= 11 is 0. The molecule has 0 heterocycles. The van der Waals surface area contributed by atoms with Gasteiger partial charge < -0.3 is 10.1 Å². The Kier molecular flexibility index (Phi) is 6.55. The van der Waals surface area contributed by atoms with Gasteiger partial charge >= 0.3 is 0 Å². The maximum atomic E-state index is 6.17. The van der Waals surface area contributed by atoms with Crippen LogP contribution >= 0.6 is 0 Å². The molecular weight excluding hydrogens is 246 g/mol. The fraction of sp³-hybridized carbons (Fsp3) is 0.667. The molecule has 0 saturated carbocycles. The number of rotatable bonds is 9. The van der Waals surface area contributed by atoms with E-state index in [-0.39, 0.29) is 0 Å². The van der Waals surface area contributed by atoms with Crippen molar-refractivity contribution in [3.05, 3.63) is 35.4 Å². The number of hydrogen-bond donors (Lipinski definition) is 1. The zero-order valence-electron chi connectivity index (χ0n) is 13.0. The van der Waals surface area contributed by atoms with Crippen molar-refractivity contribution in [2.45, 2.75) is 64.5 Å². The molecule has 0 saturated heterocycles. The van der Waals surface area contributed by atoms with Gasteiger partial charge in [-0.05, 0) is 24.1 Å². The second kappa shape index (κ2) is 8.43. The minimum absolute atomic E-state index is 0.318. The van der Waals surface area contributed by atoms with Crippen molar-refractivity contribution in [3.8, 4) is 0 Å². The SMILES string of the molecule is CCCCCCCOC1Cc2ccccc2C1NCC. The number of ether oxygens (including phenoxy) is 1. The van der Waals surface area contributed by atoms with Crippen molar-refractivity contribution in [1.29, 1.82) is 0 Å². The van der Waals surface area contributed by atoms with Gasteiger partial charge in [-0.25, -0.2) is 0 Å². The summed E-state index contributed by atoms with van der Waals surface area (Å²) in [4.78, 5) is 0. The average Bonchev–Trinajstić information content (AvgIpc) is 2.81. The van der Waals surface area contributed by atoms with E-state index in [4.69, 9.17) is 4.74 Å². The fourth-order valence-electron chi connectivity index (χ4n) is 3.12. The maximum Gasteiger partial charge on any atom is 0.0810 e. The third-order valence-corrected chi connectivity index (χ3v) is 4.19. The molecule has 2 rings (SSSR count). The van der Waals surface area contributed by atoms with Crippen molar-refractivity contribution >= 4 is 0 Å². The van der Waals surface area contributed by atoms with Crippen LogP contribution in [0.2, 0.25) is 0 Å². The molecule has 0 bridgehead atoms. The molecule has 1 N–H and O–H groups in total. The van der Waals surface area contributed by atoms with E-state index in [9.17, 15) is 0 Å². The van der Waals surface area contributed by atoms with Crippen LogP contribution < -0.4 is 5.32 Å². The van der Waals surface area contributed by atoms with Crippen LogP contribution in [0.15, 0.2) is 24.3 Å². The standard InChI is InChI=1S/C18H29NO/c1-3-5-6-7-10-13-20-17-14-15-11-8-9-12-16(15)18(17)19-4-2/h8-9,11-12,17-19H,3-7,10,13-14H2,1-2H3. The second-order valence-electron chi connectivity index (χ2n) is 5.76. The maximum absolute atomic E-state index is 6.17. The van der Waals surface area contributed by atoms with Crippen molar-refractivity contribution in [3.63, 3.8) is 0 Å².